The van der Waals surface area contributed by atoms with Crippen LogP contribution in [0, 0.1) is 6.92 Å². The molecule has 192 valence electrons. The molecule has 0 saturated heterocycles. The fraction of sp³-hybridized carbons (Fsp3) is 0.154. The van der Waals surface area contributed by atoms with Gasteiger partial charge in [-0.15, -0.1) is 0 Å². The van der Waals surface area contributed by atoms with Gasteiger partial charge in [-0.1, -0.05) is 6.07 Å². The molecule has 12 heteroatoms. The first-order valence-electron chi connectivity index (χ1n) is 11.5. The van der Waals surface area contributed by atoms with Crippen molar-refractivity contribution >= 4 is 22.6 Å². The Morgan fingerprint density at radius 2 is 1.92 bits per heavy atom. The molecule has 0 unspecified atom stereocenters. The van der Waals surface area contributed by atoms with Gasteiger partial charge in [0.05, 0.1) is 29.9 Å². The highest BCUT2D eigenvalue weighted by atomic mass is 19.4. The lowest BCUT2D eigenvalue weighted by Crippen LogP contribution is -2.31. The lowest BCUT2D eigenvalue weighted by molar-refractivity contribution is -0.137. The molecule has 2 N–H and O–H groups in total. The number of fused-ring (bicyclic) bond motifs is 1. The van der Waals surface area contributed by atoms with Crippen LogP contribution in [0.5, 0.6) is 0 Å². The molecule has 1 aromatic carbocycles. The number of amides is 1. The Morgan fingerprint density at radius 3 is 2.63 bits per heavy atom. The molecule has 5 rings (SSSR count). The van der Waals surface area contributed by atoms with E-state index < -0.39 is 11.7 Å². The van der Waals surface area contributed by atoms with Gasteiger partial charge in [-0.2, -0.15) is 18.3 Å². The highest BCUT2D eigenvalue weighted by Gasteiger charge is 2.31. The quantitative estimate of drug-likeness (QED) is 0.355. The van der Waals surface area contributed by atoms with Gasteiger partial charge in [-0.05, 0) is 55.0 Å². The van der Waals surface area contributed by atoms with E-state index in [1.807, 2.05) is 13.0 Å². The maximum Gasteiger partial charge on any atom is 0.417 e. The topological polar surface area (TPSA) is 116 Å². The SMILES string of the molecule is Cc1cc2cc(C(=O)N(Cc3ccc(C(F)(F)F)cn3)Cc3cccnc3-n3cncn3)ccc2nc1N. The number of carbonyl (C=O) groups is 1. The maximum absolute atomic E-state index is 13.8. The Bertz CT molecular complexity index is 1600. The zero-order chi connectivity index (χ0) is 26.9. The van der Waals surface area contributed by atoms with Gasteiger partial charge in [0.15, 0.2) is 5.82 Å². The van der Waals surface area contributed by atoms with Gasteiger partial charge in [0.25, 0.3) is 5.91 Å². The zero-order valence-corrected chi connectivity index (χ0v) is 20.1. The van der Waals surface area contributed by atoms with Gasteiger partial charge >= 0.3 is 6.18 Å². The first-order chi connectivity index (χ1) is 18.2. The number of aromatic nitrogens is 6. The average Bonchev–Trinajstić information content (AvgIpc) is 3.43. The summed E-state index contributed by atoms with van der Waals surface area (Å²) in [7, 11) is 0. The van der Waals surface area contributed by atoms with Crippen molar-refractivity contribution in [3.05, 3.63) is 102 Å². The van der Waals surface area contributed by atoms with Gasteiger partial charge in [0.1, 0.15) is 18.5 Å². The summed E-state index contributed by atoms with van der Waals surface area (Å²) >= 11 is 0. The third-order valence-electron chi connectivity index (χ3n) is 5.95. The molecule has 0 aliphatic heterocycles. The number of pyridine rings is 3. The van der Waals surface area contributed by atoms with Crippen molar-refractivity contribution in [2.24, 2.45) is 0 Å². The monoisotopic (exact) mass is 518 g/mol. The standard InChI is InChI=1S/C26H21F3N8O/c1-16-9-19-10-17(4-7-22(19)35-23(16)30)25(38)36(13-21-6-5-20(11-33-21)26(27,28)29)12-18-3-2-8-32-24(18)37-15-31-14-34-37/h2-11,14-15H,12-13H2,1H3,(H2,30,35). The molecule has 0 bridgehead atoms. The molecule has 0 saturated carbocycles. The van der Waals surface area contributed by atoms with Crippen molar-refractivity contribution in [1.82, 2.24) is 34.6 Å². The van der Waals surface area contributed by atoms with Gasteiger partial charge in [-0.25, -0.2) is 19.6 Å². The molecule has 0 spiro atoms. The summed E-state index contributed by atoms with van der Waals surface area (Å²) in [6.07, 6.45) is 0.696. The molecule has 0 atom stereocenters. The summed E-state index contributed by atoms with van der Waals surface area (Å²) in [6, 6.07) is 12.6. The predicted molar refractivity (Wildman–Crippen MR) is 133 cm³/mol. The first-order valence-corrected chi connectivity index (χ1v) is 11.5. The highest BCUT2D eigenvalue weighted by Crippen LogP contribution is 2.29. The van der Waals surface area contributed by atoms with Crippen LogP contribution in [0.4, 0.5) is 19.0 Å². The van der Waals surface area contributed by atoms with E-state index in [4.69, 9.17) is 5.73 Å². The van der Waals surface area contributed by atoms with Crippen molar-refractivity contribution in [2.45, 2.75) is 26.2 Å². The fourth-order valence-corrected chi connectivity index (χ4v) is 3.98. The van der Waals surface area contributed by atoms with E-state index in [0.717, 1.165) is 23.2 Å². The predicted octanol–water partition coefficient (Wildman–Crippen LogP) is 4.36. The highest BCUT2D eigenvalue weighted by molar-refractivity contribution is 5.98. The van der Waals surface area contributed by atoms with Crippen LogP contribution in [-0.4, -0.2) is 40.5 Å². The molecule has 38 heavy (non-hydrogen) atoms. The summed E-state index contributed by atoms with van der Waals surface area (Å²) in [5.41, 5.74) is 7.80. The van der Waals surface area contributed by atoms with E-state index in [1.54, 1.807) is 36.5 Å². The molecule has 0 radical (unpaired) electrons. The average molecular weight is 519 g/mol. The van der Waals surface area contributed by atoms with Gasteiger partial charge in [-0.3, -0.25) is 9.78 Å². The van der Waals surface area contributed by atoms with Gasteiger partial charge in [0.2, 0.25) is 0 Å². The second kappa shape index (κ2) is 9.88. The van der Waals surface area contributed by atoms with Crippen LogP contribution in [0.15, 0.2) is 73.6 Å². The Kier molecular flexibility index (Phi) is 6.45. The largest absolute Gasteiger partial charge is 0.417 e. The number of anilines is 1. The van der Waals surface area contributed by atoms with Crippen LogP contribution < -0.4 is 5.73 Å². The number of nitrogens with zero attached hydrogens (tertiary/aromatic N) is 7. The molecule has 9 nitrogen and oxygen atoms in total. The van der Waals surface area contributed by atoms with Crippen LogP contribution in [0.25, 0.3) is 16.7 Å². The van der Waals surface area contributed by atoms with E-state index in [9.17, 15) is 18.0 Å². The van der Waals surface area contributed by atoms with Crippen LogP contribution in [0.3, 0.4) is 0 Å². The summed E-state index contributed by atoms with van der Waals surface area (Å²) in [6.45, 7) is 1.87. The third-order valence-corrected chi connectivity index (χ3v) is 5.95. The van der Waals surface area contributed by atoms with Crippen LogP contribution >= 0.6 is 0 Å². The van der Waals surface area contributed by atoms with Crippen LogP contribution in [0.2, 0.25) is 0 Å². The second-order valence-corrected chi connectivity index (χ2v) is 8.62. The Hall–Kier alpha value is -4.87. The number of nitrogens with two attached hydrogens (primary N) is 1. The number of hydrogen-bond acceptors (Lipinski definition) is 7. The van der Waals surface area contributed by atoms with Gasteiger partial charge < -0.3 is 10.6 Å². The summed E-state index contributed by atoms with van der Waals surface area (Å²) < 4.78 is 40.6. The van der Waals surface area contributed by atoms with Crippen molar-refractivity contribution < 1.29 is 18.0 Å². The minimum absolute atomic E-state index is 0.0419. The summed E-state index contributed by atoms with van der Waals surface area (Å²) in [5, 5.41) is 4.86. The van der Waals surface area contributed by atoms with E-state index >= 15 is 0 Å². The van der Waals surface area contributed by atoms with Crippen molar-refractivity contribution in [2.75, 3.05) is 5.73 Å². The van der Waals surface area contributed by atoms with E-state index in [0.29, 0.717) is 34.0 Å². The second-order valence-electron chi connectivity index (χ2n) is 8.62. The molecule has 1 amide bonds. The van der Waals surface area contributed by atoms with Crippen molar-refractivity contribution in [3.8, 4) is 5.82 Å². The van der Waals surface area contributed by atoms with E-state index in [2.05, 4.69) is 25.0 Å². The maximum atomic E-state index is 13.8. The first kappa shape index (κ1) is 24.8. The Morgan fingerprint density at radius 1 is 1.08 bits per heavy atom. The number of benzene rings is 1. The van der Waals surface area contributed by atoms with Crippen LogP contribution in [-0.2, 0) is 19.3 Å². The number of rotatable bonds is 6. The fourth-order valence-electron chi connectivity index (χ4n) is 3.98. The van der Waals surface area contributed by atoms with Crippen molar-refractivity contribution in [3.63, 3.8) is 0 Å². The Balaban J connectivity index is 1.52. The van der Waals surface area contributed by atoms with Crippen LogP contribution in [0.1, 0.15) is 32.7 Å². The summed E-state index contributed by atoms with van der Waals surface area (Å²) in [4.78, 5) is 31.9. The molecule has 4 heterocycles. The molecule has 0 fully saturated rings. The van der Waals surface area contributed by atoms with Crippen molar-refractivity contribution in [1.29, 1.82) is 0 Å². The smallest absolute Gasteiger partial charge is 0.383 e. The molecule has 0 aliphatic carbocycles. The summed E-state index contributed by atoms with van der Waals surface area (Å²) in [5.74, 6) is 0.525. The molecule has 5 aromatic rings. The number of carbonyl (C=O) groups excluding carboxylic acids is 1. The van der Waals surface area contributed by atoms with E-state index in [1.165, 1.54) is 28.3 Å². The number of hydrogen-bond donors (Lipinski definition) is 1. The molecule has 0 aliphatic rings. The van der Waals surface area contributed by atoms with E-state index in [-0.39, 0.29) is 19.0 Å². The lowest BCUT2D eigenvalue weighted by Gasteiger charge is -2.24. The molecule has 4 aromatic heterocycles. The van der Waals surface area contributed by atoms with Gasteiger partial charge in [0, 0.05) is 28.9 Å². The number of halogens is 3. The molecular weight excluding hydrogens is 497 g/mol. The minimum Gasteiger partial charge on any atom is -0.383 e. The number of aryl methyl sites for hydroxylation is 1. The number of alkyl halides is 3. The third kappa shape index (κ3) is 5.14. The normalized spacial score (nSPS) is 11.6. The minimum atomic E-state index is -4.51. The number of nitrogen functional groups attached to an aromatic ring is 1. The zero-order valence-electron chi connectivity index (χ0n) is 20.1. The molecular formula is C26H21F3N8O. The lowest BCUT2D eigenvalue weighted by atomic mass is 10.1. The Labute approximate surface area is 214 Å².